The van der Waals surface area contributed by atoms with Crippen LogP contribution in [-0.2, 0) is 14.3 Å². The highest BCUT2D eigenvalue weighted by Crippen LogP contribution is 2.20. The fourth-order valence-electron chi connectivity index (χ4n) is 2.89. The molecule has 2 N–H and O–H groups in total. The van der Waals surface area contributed by atoms with Gasteiger partial charge in [0.25, 0.3) is 5.91 Å². The van der Waals surface area contributed by atoms with E-state index in [1.807, 2.05) is 0 Å². The minimum atomic E-state index is -0.0603. The second kappa shape index (κ2) is 9.91. The van der Waals surface area contributed by atoms with Crippen molar-refractivity contribution in [3.05, 3.63) is 29.8 Å². The van der Waals surface area contributed by atoms with E-state index >= 15 is 0 Å². The Morgan fingerprint density at radius 2 is 1.81 bits per heavy atom. The molecule has 1 aliphatic heterocycles. The number of rotatable bonds is 7. The first-order valence-corrected chi connectivity index (χ1v) is 9.01. The molecule has 1 heterocycles. The molecule has 1 fully saturated rings. The maximum absolute atomic E-state index is 12.6. The Kier molecular flexibility index (Phi) is 7.59. The monoisotopic (exact) mass is 361 g/mol. The van der Waals surface area contributed by atoms with Gasteiger partial charge >= 0.3 is 0 Å². The fraction of sp³-hybridized carbons (Fsp3) is 0.526. The van der Waals surface area contributed by atoms with Crippen LogP contribution in [-0.4, -0.2) is 56.0 Å². The molecule has 26 heavy (non-hydrogen) atoms. The summed E-state index contributed by atoms with van der Waals surface area (Å²) in [6.07, 6.45) is 1.74. The van der Waals surface area contributed by atoms with Crippen LogP contribution in [0.5, 0.6) is 0 Å². The van der Waals surface area contributed by atoms with E-state index in [-0.39, 0.29) is 23.6 Å². The first-order chi connectivity index (χ1) is 12.5. The standard InChI is InChI=1S/C19H27N3O4/c1-3-17(23)21-16-6-4-15(5-7-16)19(25)22-11-8-14(9-12-22)18(24)20-10-13-26-2/h4-7,14H,3,8-13H2,1-2H3,(H,20,24)(H,21,23). The molecule has 7 heteroatoms. The third kappa shape index (κ3) is 5.56. The predicted molar refractivity (Wildman–Crippen MR) is 98.9 cm³/mol. The summed E-state index contributed by atoms with van der Waals surface area (Å²) in [6, 6.07) is 6.90. The van der Waals surface area contributed by atoms with E-state index in [9.17, 15) is 14.4 Å². The number of likely N-dealkylation sites (tertiary alicyclic amines) is 1. The number of carbonyl (C=O) groups excluding carboxylic acids is 3. The summed E-state index contributed by atoms with van der Waals surface area (Å²) in [5.74, 6) is -0.126. The molecular formula is C19H27N3O4. The van der Waals surface area contributed by atoms with E-state index in [2.05, 4.69) is 10.6 Å². The number of methoxy groups -OCH3 is 1. The third-order valence-corrected chi connectivity index (χ3v) is 4.50. The molecule has 0 bridgehead atoms. The molecule has 1 saturated heterocycles. The lowest BCUT2D eigenvalue weighted by Gasteiger charge is -2.31. The quantitative estimate of drug-likeness (QED) is 0.723. The molecule has 0 unspecified atom stereocenters. The normalized spacial score (nSPS) is 14.8. The minimum absolute atomic E-state index is 0.0326. The lowest BCUT2D eigenvalue weighted by Crippen LogP contribution is -2.43. The van der Waals surface area contributed by atoms with Crippen molar-refractivity contribution in [2.75, 3.05) is 38.7 Å². The van der Waals surface area contributed by atoms with Gasteiger partial charge in [0.05, 0.1) is 6.61 Å². The largest absolute Gasteiger partial charge is 0.383 e. The van der Waals surface area contributed by atoms with Crippen LogP contribution in [0, 0.1) is 5.92 Å². The molecule has 1 aromatic carbocycles. The van der Waals surface area contributed by atoms with E-state index in [4.69, 9.17) is 4.74 Å². The summed E-state index contributed by atoms with van der Waals surface area (Å²) < 4.78 is 4.92. The van der Waals surface area contributed by atoms with E-state index in [1.165, 1.54) is 0 Å². The highest BCUT2D eigenvalue weighted by atomic mass is 16.5. The lowest BCUT2D eigenvalue weighted by molar-refractivity contribution is -0.126. The van der Waals surface area contributed by atoms with E-state index < -0.39 is 0 Å². The zero-order chi connectivity index (χ0) is 18.9. The Balaban J connectivity index is 1.84. The molecule has 142 valence electrons. The average molecular weight is 361 g/mol. The van der Waals surface area contributed by atoms with Crippen LogP contribution in [0.2, 0.25) is 0 Å². The third-order valence-electron chi connectivity index (χ3n) is 4.50. The molecule has 0 saturated carbocycles. The SMILES string of the molecule is CCC(=O)Nc1ccc(C(=O)N2CCC(C(=O)NCCOC)CC2)cc1. The van der Waals surface area contributed by atoms with Crippen molar-refractivity contribution in [3.8, 4) is 0 Å². The molecule has 1 aromatic rings. The number of nitrogens with zero attached hydrogens (tertiary/aromatic N) is 1. The number of anilines is 1. The van der Waals surface area contributed by atoms with Crippen molar-refractivity contribution in [2.24, 2.45) is 5.92 Å². The van der Waals surface area contributed by atoms with Gasteiger partial charge in [-0.2, -0.15) is 0 Å². The van der Waals surface area contributed by atoms with Crippen molar-refractivity contribution < 1.29 is 19.1 Å². The van der Waals surface area contributed by atoms with Crippen LogP contribution >= 0.6 is 0 Å². The maximum Gasteiger partial charge on any atom is 0.253 e. The molecule has 0 aromatic heterocycles. The van der Waals surface area contributed by atoms with Gasteiger partial charge in [0.15, 0.2) is 0 Å². The molecule has 0 aliphatic carbocycles. The highest BCUT2D eigenvalue weighted by molar-refractivity contribution is 5.96. The molecule has 0 radical (unpaired) electrons. The zero-order valence-electron chi connectivity index (χ0n) is 15.4. The van der Waals surface area contributed by atoms with Crippen molar-refractivity contribution in [1.82, 2.24) is 10.2 Å². The number of nitrogens with one attached hydrogen (secondary N) is 2. The highest BCUT2D eigenvalue weighted by Gasteiger charge is 2.27. The van der Waals surface area contributed by atoms with Crippen LogP contribution in [0.3, 0.4) is 0 Å². The second-order valence-electron chi connectivity index (χ2n) is 6.33. The van der Waals surface area contributed by atoms with Gasteiger partial charge < -0.3 is 20.3 Å². The van der Waals surface area contributed by atoms with Gasteiger partial charge in [0, 0.05) is 50.3 Å². The Morgan fingerprint density at radius 1 is 1.15 bits per heavy atom. The Morgan fingerprint density at radius 3 is 2.38 bits per heavy atom. The van der Waals surface area contributed by atoms with E-state index in [0.29, 0.717) is 56.8 Å². The summed E-state index contributed by atoms with van der Waals surface area (Å²) in [5.41, 5.74) is 1.27. The topological polar surface area (TPSA) is 87.7 Å². The summed E-state index contributed by atoms with van der Waals surface area (Å²) >= 11 is 0. The smallest absolute Gasteiger partial charge is 0.253 e. The Bertz CT molecular complexity index is 622. The fourth-order valence-corrected chi connectivity index (χ4v) is 2.89. The number of piperidine rings is 1. The maximum atomic E-state index is 12.6. The lowest BCUT2D eigenvalue weighted by atomic mass is 9.95. The minimum Gasteiger partial charge on any atom is -0.383 e. The molecule has 0 spiro atoms. The van der Waals surface area contributed by atoms with Crippen LogP contribution in [0.4, 0.5) is 5.69 Å². The van der Waals surface area contributed by atoms with Gasteiger partial charge in [-0.25, -0.2) is 0 Å². The number of amides is 3. The van der Waals surface area contributed by atoms with Crippen molar-refractivity contribution in [3.63, 3.8) is 0 Å². The average Bonchev–Trinajstić information content (AvgIpc) is 2.68. The molecule has 0 atom stereocenters. The Hall–Kier alpha value is -2.41. The summed E-state index contributed by atoms with van der Waals surface area (Å²) in [6.45, 7) is 3.92. The molecule has 2 rings (SSSR count). The number of ether oxygens (including phenoxy) is 1. The van der Waals surface area contributed by atoms with Gasteiger partial charge in [-0.05, 0) is 37.1 Å². The first-order valence-electron chi connectivity index (χ1n) is 9.01. The van der Waals surface area contributed by atoms with Crippen LogP contribution < -0.4 is 10.6 Å². The summed E-state index contributed by atoms with van der Waals surface area (Å²) in [7, 11) is 1.60. The van der Waals surface area contributed by atoms with Crippen molar-refractivity contribution >= 4 is 23.4 Å². The second-order valence-corrected chi connectivity index (χ2v) is 6.33. The van der Waals surface area contributed by atoms with Gasteiger partial charge in [-0.15, -0.1) is 0 Å². The molecule has 1 aliphatic rings. The predicted octanol–water partition coefficient (Wildman–Crippen LogP) is 1.65. The van der Waals surface area contributed by atoms with Crippen LogP contribution in [0.1, 0.15) is 36.5 Å². The zero-order valence-corrected chi connectivity index (χ0v) is 15.4. The Labute approximate surface area is 154 Å². The number of hydrogen-bond acceptors (Lipinski definition) is 4. The summed E-state index contributed by atoms with van der Waals surface area (Å²) in [5, 5.41) is 5.61. The summed E-state index contributed by atoms with van der Waals surface area (Å²) in [4.78, 5) is 37.8. The number of benzene rings is 1. The van der Waals surface area contributed by atoms with Gasteiger partial charge in [-0.3, -0.25) is 14.4 Å². The van der Waals surface area contributed by atoms with E-state index in [0.717, 1.165) is 0 Å². The van der Waals surface area contributed by atoms with Crippen LogP contribution in [0.25, 0.3) is 0 Å². The van der Waals surface area contributed by atoms with Gasteiger partial charge in [-0.1, -0.05) is 6.92 Å². The van der Waals surface area contributed by atoms with Crippen molar-refractivity contribution in [1.29, 1.82) is 0 Å². The molecular weight excluding hydrogens is 334 g/mol. The number of carbonyl (C=O) groups is 3. The first kappa shape index (κ1) is 19.9. The van der Waals surface area contributed by atoms with Crippen molar-refractivity contribution in [2.45, 2.75) is 26.2 Å². The van der Waals surface area contributed by atoms with E-state index in [1.54, 1.807) is 43.2 Å². The molecule has 3 amide bonds. The van der Waals surface area contributed by atoms with Gasteiger partial charge in [0.1, 0.15) is 0 Å². The molecule has 7 nitrogen and oxygen atoms in total. The van der Waals surface area contributed by atoms with Crippen LogP contribution in [0.15, 0.2) is 24.3 Å². The number of hydrogen-bond donors (Lipinski definition) is 2. The van der Waals surface area contributed by atoms with Gasteiger partial charge in [0.2, 0.25) is 11.8 Å².